The van der Waals surface area contributed by atoms with E-state index in [1.165, 1.54) is 17.0 Å². The van der Waals surface area contributed by atoms with Crippen molar-refractivity contribution in [2.45, 2.75) is 44.7 Å². The quantitative estimate of drug-likeness (QED) is 0.313. The van der Waals surface area contributed by atoms with Crippen molar-refractivity contribution in [2.75, 3.05) is 31.1 Å². The molecule has 2 amide bonds. The molecule has 3 aromatic carbocycles. The molecule has 0 heterocycles. The topological polar surface area (TPSA) is 105 Å². The second kappa shape index (κ2) is 14.4. The minimum atomic E-state index is -4.18. The second-order valence-corrected chi connectivity index (χ2v) is 10.8. The molecule has 214 valence electrons. The highest BCUT2D eigenvalue weighted by molar-refractivity contribution is 7.92. The van der Waals surface area contributed by atoms with Crippen LogP contribution in [0.4, 0.5) is 5.69 Å². The molecule has 0 aromatic heterocycles. The summed E-state index contributed by atoms with van der Waals surface area (Å²) in [6.45, 7) is 5.69. The van der Waals surface area contributed by atoms with Gasteiger partial charge in [0.25, 0.3) is 10.0 Å². The fourth-order valence-corrected chi connectivity index (χ4v) is 5.76. The molecule has 0 bridgehead atoms. The molecular weight excluding hydrogens is 530 g/mol. The van der Waals surface area contributed by atoms with E-state index in [9.17, 15) is 18.0 Å². The van der Waals surface area contributed by atoms with Gasteiger partial charge in [0.15, 0.2) is 0 Å². The van der Waals surface area contributed by atoms with Crippen molar-refractivity contribution >= 4 is 27.5 Å². The highest BCUT2D eigenvalue weighted by Crippen LogP contribution is 2.33. The summed E-state index contributed by atoms with van der Waals surface area (Å²) in [6, 6.07) is 21.0. The predicted octanol–water partition coefficient (Wildman–Crippen LogP) is 4.23. The van der Waals surface area contributed by atoms with Crippen LogP contribution < -0.4 is 19.1 Å². The van der Waals surface area contributed by atoms with E-state index in [1.807, 2.05) is 19.1 Å². The third kappa shape index (κ3) is 7.32. The Morgan fingerprint density at radius 2 is 1.55 bits per heavy atom. The van der Waals surface area contributed by atoms with Crippen LogP contribution in [0.25, 0.3) is 0 Å². The smallest absolute Gasteiger partial charge is 0.264 e. The zero-order chi connectivity index (χ0) is 29.1. The van der Waals surface area contributed by atoms with E-state index in [-0.39, 0.29) is 23.0 Å². The first-order chi connectivity index (χ1) is 19.3. The first-order valence-electron chi connectivity index (χ1n) is 13.3. The predicted molar refractivity (Wildman–Crippen MR) is 155 cm³/mol. The number of ether oxygens (including phenoxy) is 2. The summed E-state index contributed by atoms with van der Waals surface area (Å²) < 4.78 is 40.0. The Kier molecular flexibility index (Phi) is 11.0. The SMILES string of the molecule is CCNC(=O)C(CC)N(Cc1ccc(OC)cc1)C(=O)CN(c1ccccc1OCC)S(=O)(=O)c1ccccc1. The van der Waals surface area contributed by atoms with E-state index in [1.54, 1.807) is 75.6 Å². The molecule has 1 N–H and O–H groups in total. The van der Waals surface area contributed by atoms with Crippen molar-refractivity contribution < 1.29 is 27.5 Å². The van der Waals surface area contributed by atoms with Gasteiger partial charge >= 0.3 is 0 Å². The summed E-state index contributed by atoms with van der Waals surface area (Å²) in [4.78, 5) is 28.6. The number of para-hydroxylation sites is 2. The summed E-state index contributed by atoms with van der Waals surface area (Å²) in [5.74, 6) is 0.151. The average molecular weight is 568 g/mol. The van der Waals surface area contributed by atoms with E-state index in [0.29, 0.717) is 31.1 Å². The minimum absolute atomic E-state index is 0.0339. The normalized spacial score (nSPS) is 11.8. The van der Waals surface area contributed by atoms with Crippen LogP contribution in [0.2, 0.25) is 0 Å². The number of nitrogens with one attached hydrogen (secondary N) is 1. The second-order valence-electron chi connectivity index (χ2n) is 8.91. The molecule has 1 atom stereocenters. The third-order valence-corrected chi connectivity index (χ3v) is 8.07. The van der Waals surface area contributed by atoms with Crippen LogP contribution >= 0.6 is 0 Å². The number of anilines is 1. The van der Waals surface area contributed by atoms with Crippen molar-refractivity contribution in [3.63, 3.8) is 0 Å². The van der Waals surface area contributed by atoms with Crippen molar-refractivity contribution in [1.82, 2.24) is 10.2 Å². The van der Waals surface area contributed by atoms with Gasteiger partial charge in [-0.2, -0.15) is 0 Å². The monoisotopic (exact) mass is 567 g/mol. The Hall–Kier alpha value is -4.05. The number of rotatable bonds is 14. The zero-order valence-corrected chi connectivity index (χ0v) is 24.2. The number of carbonyl (C=O) groups is 2. The molecule has 3 rings (SSSR count). The van der Waals surface area contributed by atoms with Gasteiger partial charge in [-0.15, -0.1) is 0 Å². The third-order valence-electron chi connectivity index (χ3n) is 6.29. The first-order valence-corrected chi connectivity index (χ1v) is 14.7. The molecule has 0 saturated heterocycles. The van der Waals surface area contributed by atoms with Crippen molar-refractivity contribution in [3.8, 4) is 11.5 Å². The summed E-state index contributed by atoms with van der Waals surface area (Å²) in [6.07, 6.45) is 0.342. The zero-order valence-electron chi connectivity index (χ0n) is 23.4. The molecule has 0 saturated carbocycles. The van der Waals surface area contributed by atoms with Gasteiger partial charge in [0, 0.05) is 13.1 Å². The fraction of sp³-hybridized carbons (Fsp3) is 0.333. The van der Waals surface area contributed by atoms with Crippen LogP contribution in [-0.4, -0.2) is 58.0 Å². The van der Waals surface area contributed by atoms with Gasteiger partial charge in [0.05, 0.1) is 24.3 Å². The summed E-state index contributed by atoms with van der Waals surface area (Å²) in [5, 5.41) is 2.80. The number of hydrogen-bond acceptors (Lipinski definition) is 6. The Morgan fingerprint density at radius 3 is 2.15 bits per heavy atom. The fourth-order valence-electron chi connectivity index (χ4n) is 4.31. The number of benzene rings is 3. The lowest BCUT2D eigenvalue weighted by molar-refractivity contribution is -0.140. The average Bonchev–Trinajstić information content (AvgIpc) is 2.97. The van der Waals surface area contributed by atoms with Crippen molar-refractivity contribution in [3.05, 3.63) is 84.4 Å². The minimum Gasteiger partial charge on any atom is -0.497 e. The lowest BCUT2D eigenvalue weighted by Gasteiger charge is -2.33. The van der Waals surface area contributed by atoms with Gasteiger partial charge in [-0.25, -0.2) is 8.42 Å². The lowest BCUT2D eigenvalue weighted by Crippen LogP contribution is -2.52. The van der Waals surface area contributed by atoms with E-state index in [0.717, 1.165) is 9.87 Å². The van der Waals surface area contributed by atoms with E-state index < -0.39 is 28.5 Å². The molecule has 0 spiro atoms. The Morgan fingerprint density at radius 1 is 0.900 bits per heavy atom. The molecule has 1 unspecified atom stereocenters. The van der Waals surface area contributed by atoms with Gasteiger partial charge in [0.1, 0.15) is 24.1 Å². The molecule has 40 heavy (non-hydrogen) atoms. The molecule has 3 aromatic rings. The number of methoxy groups -OCH3 is 1. The summed E-state index contributed by atoms with van der Waals surface area (Å²) in [7, 11) is -2.62. The van der Waals surface area contributed by atoms with E-state index in [4.69, 9.17) is 9.47 Å². The molecule has 0 aliphatic heterocycles. The first kappa shape index (κ1) is 30.5. The van der Waals surface area contributed by atoms with E-state index in [2.05, 4.69) is 5.32 Å². The van der Waals surface area contributed by atoms with Crippen LogP contribution in [0.1, 0.15) is 32.8 Å². The number of hydrogen-bond donors (Lipinski definition) is 1. The van der Waals surface area contributed by atoms with Crippen molar-refractivity contribution in [2.24, 2.45) is 0 Å². The Balaban J connectivity index is 2.08. The van der Waals surface area contributed by atoms with Gasteiger partial charge in [-0.3, -0.25) is 13.9 Å². The maximum Gasteiger partial charge on any atom is 0.264 e. The van der Waals surface area contributed by atoms with Crippen molar-refractivity contribution in [1.29, 1.82) is 0 Å². The summed E-state index contributed by atoms with van der Waals surface area (Å²) >= 11 is 0. The summed E-state index contributed by atoms with van der Waals surface area (Å²) in [5.41, 5.74) is 1.00. The van der Waals surface area contributed by atoms with Crippen LogP contribution in [0.5, 0.6) is 11.5 Å². The molecule has 0 fully saturated rings. The molecular formula is C30H37N3O6S. The Bertz CT molecular complexity index is 1360. The number of nitrogens with zero attached hydrogens (tertiary/aromatic N) is 2. The highest BCUT2D eigenvalue weighted by Gasteiger charge is 2.34. The lowest BCUT2D eigenvalue weighted by atomic mass is 10.1. The standard InChI is InChI=1S/C30H37N3O6S/c1-5-26(30(35)31-6-2)32(21-23-17-19-24(38-4)20-18-23)29(34)22-33(27-15-11-12-16-28(27)39-7-3)40(36,37)25-13-9-8-10-14-25/h8-20,26H,5-7,21-22H2,1-4H3,(H,31,35). The van der Waals surface area contributed by atoms with Crippen LogP contribution in [0.15, 0.2) is 83.8 Å². The van der Waals surface area contributed by atoms with Gasteiger partial charge in [-0.05, 0) is 62.2 Å². The largest absolute Gasteiger partial charge is 0.497 e. The number of sulfonamides is 1. The number of likely N-dealkylation sites (N-methyl/N-ethyl adjacent to an activating group) is 1. The number of amides is 2. The van der Waals surface area contributed by atoms with E-state index >= 15 is 0 Å². The van der Waals surface area contributed by atoms with Crippen LogP contribution in [-0.2, 0) is 26.2 Å². The highest BCUT2D eigenvalue weighted by atomic mass is 32.2. The van der Waals surface area contributed by atoms with Crippen LogP contribution in [0.3, 0.4) is 0 Å². The molecule has 0 radical (unpaired) electrons. The number of carbonyl (C=O) groups excluding carboxylic acids is 2. The molecule has 10 heteroatoms. The van der Waals surface area contributed by atoms with Gasteiger partial charge in [-0.1, -0.05) is 49.4 Å². The molecule has 0 aliphatic rings. The Labute approximate surface area is 236 Å². The maximum atomic E-state index is 14.1. The molecule has 9 nitrogen and oxygen atoms in total. The van der Waals surface area contributed by atoms with Crippen LogP contribution in [0, 0.1) is 0 Å². The maximum absolute atomic E-state index is 14.1. The van der Waals surface area contributed by atoms with Gasteiger partial charge in [0.2, 0.25) is 11.8 Å². The van der Waals surface area contributed by atoms with Gasteiger partial charge < -0.3 is 19.7 Å². The molecule has 0 aliphatic carbocycles.